The molecule has 4 rings (SSSR count). The molecule has 1 atom stereocenters. The van der Waals surface area contributed by atoms with Crippen LogP contribution in [0.15, 0.2) is 18.2 Å². The molecule has 0 radical (unpaired) electrons. The van der Waals surface area contributed by atoms with Crippen molar-refractivity contribution in [2.24, 2.45) is 0 Å². The summed E-state index contributed by atoms with van der Waals surface area (Å²) in [7, 11) is 0. The number of benzene rings is 1. The summed E-state index contributed by atoms with van der Waals surface area (Å²) in [4.78, 5) is 8.24. The van der Waals surface area contributed by atoms with Gasteiger partial charge in [-0.05, 0) is 17.7 Å². The van der Waals surface area contributed by atoms with E-state index >= 15 is 0 Å². The predicted octanol–water partition coefficient (Wildman–Crippen LogP) is 3.79. The van der Waals surface area contributed by atoms with Crippen molar-refractivity contribution in [3.8, 4) is 5.88 Å². The Bertz CT molecular complexity index is 936. The van der Waals surface area contributed by atoms with Crippen LogP contribution in [0.5, 0.6) is 5.88 Å². The van der Waals surface area contributed by atoms with Crippen molar-refractivity contribution in [3.63, 3.8) is 0 Å². The number of aryl methyl sites for hydroxylation is 1. The molecule has 1 aromatic carbocycles. The van der Waals surface area contributed by atoms with Crippen molar-refractivity contribution in [3.05, 3.63) is 44.5 Å². The molecule has 1 aliphatic heterocycles. The third-order valence-electron chi connectivity index (χ3n) is 4.48. The molecular formula is C17H18Cl2N4O2S. The first-order valence-electron chi connectivity index (χ1n) is 8.42. The summed E-state index contributed by atoms with van der Waals surface area (Å²) in [5.74, 6) is 0.843. The fourth-order valence-corrected chi connectivity index (χ4v) is 4.61. The molecular weight excluding hydrogens is 395 g/mol. The van der Waals surface area contributed by atoms with E-state index in [0.29, 0.717) is 28.2 Å². The summed E-state index contributed by atoms with van der Waals surface area (Å²) in [5, 5.41) is 16.2. The monoisotopic (exact) mass is 412 g/mol. The summed E-state index contributed by atoms with van der Waals surface area (Å²) < 4.78 is 7.01. The van der Waals surface area contributed by atoms with Gasteiger partial charge in [0.25, 0.3) is 0 Å². The molecule has 138 valence electrons. The minimum Gasteiger partial charge on any atom is -0.492 e. The minimum absolute atomic E-state index is 0.125. The highest BCUT2D eigenvalue weighted by Crippen LogP contribution is 2.41. The number of nitrogens with zero attached hydrogens (tertiary/aromatic N) is 4. The smallest absolute Gasteiger partial charge is 0.230 e. The van der Waals surface area contributed by atoms with Crippen LogP contribution in [0, 0.1) is 0 Å². The van der Waals surface area contributed by atoms with E-state index in [9.17, 15) is 5.11 Å². The Kier molecular flexibility index (Phi) is 5.07. The number of hydrogen-bond donors (Lipinski definition) is 1. The number of halogens is 2. The fraction of sp³-hybridized carbons (Fsp3) is 0.412. The average molecular weight is 413 g/mol. The molecule has 0 bridgehead atoms. The number of ether oxygens (including phenoxy) is 1. The van der Waals surface area contributed by atoms with Crippen molar-refractivity contribution >= 4 is 39.5 Å². The van der Waals surface area contributed by atoms with Crippen molar-refractivity contribution < 1.29 is 9.84 Å². The molecule has 1 saturated heterocycles. The van der Waals surface area contributed by atoms with E-state index in [4.69, 9.17) is 27.9 Å². The third-order valence-corrected chi connectivity index (χ3v) is 6.29. The normalized spacial score (nSPS) is 17.0. The first-order valence-corrected chi connectivity index (χ1v) is 9.99. The predicted molar refractivity (Wildman–Crippen MR) is 103 cm³/mol. The number of morpholine rings is 1. The second kappa shape index (κ2) is 7.32. The number of hydrogen-bond acceptors (Lipinski definition) is 6. The van der Waals surface area contributed by atoms with Gasteiger partial charge in [-0.1, -0.05) is 47.5 Å². The fourth-order valence-electron chi connectivity index (χ4n) is 3.16. The first-order chi connectivity index (χ1) is 12.6. The van der Waals surface area contributed by atoms with Crippen LogP contribution >= 0.6 is 34.5 Å². The molecule has 6 nitrogen and oxygen atoms in total. The summed E-state index contributed by atoms with van der Waals surface area (Å²) in [6.45, 7) is 4.82. The molecule has 0 amide bonds. The highest BCUT2D eigenvalue weighted by atomic mass is 35.5. The quantitative estimate of drug-likeness (QED) is 0.705. The Morgan fingerprint density at radius 1 is 1.27 bits per heavy atom. The third kappa shape index (κ3) is 3.18. The molecule has 1 N–H and O–H groups in total. The van der Waals surface area contributed by atoms with E-state index in [1.165, 1.54) is 15.9 Å². The van der Waals surface area contributed by atoms with Gasteiger partial charge in [0.15, 0.2) is 5.82 Å². The molecule has 0 spiro atoms. The van der Waals surface area contributed by atoms with Crippen LogP contribution in [-0.2, 0) is 11.2 Å². The number of aromatic hydroxyl groups is 1. The number of rotatable bonds is 4. The topological polar surface area (TPSA) is 62.9 Å². The second-order valence-corrected chi connectivity index (χ2v) is 7.91. The molecule has 3 heterocycles. The summed E-state index contributed by atoms with van der Waals surface area (Å²) in [6.07, 6.45) is 0.725. The van der Waals surface area contributed by atoms with Crippen molar-refractivity contribution in [1.82, 2.24) is 19.5 Å². The lowest BCUT2D eigenvalue weighted by Gasteiger charge is -2.34. The maximum atomic E-state index is 10.8. The molecule has 3 aromatic rings. The van der Waals surface area contributed by atoms with Crippen LogP contribution in [0.1, 0.15) is 29.2 Å². The summed E-state index contributed by atoms with van der Waals surface area (Å²) in [5.41, 5.74) is 0.969. The van der Waals surface area contributed by atoms with Crippen molar-refractivity contribution in [2.75, 3.05) is 26.3 Å². The zero-order valence-electron chi connectivity index (χ0n) is 14.2. The zero-order valence-corrected chi connectivity index (χ0v) is 16.5. The maximum Gasteiger partial charge on any atom is 0.230 e. The average Bonchev–Trinajstić information content (AvgIpc) is 3.19. The SMILES string of the molecule is CCc1nc2sc([C@H](c3ccc(Cl)c(Cl)c3)N3CCOCC3)c(O)n2n1. The minimum atomic E-state index is -0.160. The standard InChI is InChI=1S/C17H18Cl2N4O2S/c1-2-13-20-17-23(21-13)16(24)15(26-17)14(22-5-7-25-8-6-22)10-3-4-11(18)12(19)9-10/h3-4,9,14,24H,2,5-8H2,1H3/t14-/m0/s1. The van der Waals surface area contributed by atoms with E-state index in [1.54, 1.807) is 6.07 Å². The molecule has 2 aromatic heterocycles. The van der Waals surface area contributed by atoms with Gasteiger partial charge in [0.2, 0.25) is 10.8 Å². The van der Waals surface area contributed by atoms with Gasteiger partial charge < -0.3 is 9.84 Å². The summed E-state index contributed by atoms with van der Waals surface area (Å²) >= 11 is 13.8. The van der Waals surface area contributed by atoms with Gasteiger partial charge >= 0.3 is 0 Å². The van der Waals surface area contributed by atoms with Gasteiger partial charge in [-0.15, -0.1) is 5.10 Å². The summed E-state index contributed by atoms with van der Waals surface area (Å²) in [6, 6.07) is 5.43. The molecule has 1 fully saturated rings. The van der Waals surface area contributed by atoms with Crippen molar-refractivity contribution in [1.29, 1.82) is 0 Å². The molecule has 0 aliphatic carbocycles. The van der Waals surface area contributed by atoms with E-state index in [-0.39, 0.29) is 11.9 Å². The zero-order chi connectivity index (χ0) is 18.3. The van der Waals surface area contributed by atoms with Crippen LogP contribution < -0.4 is 0 Å². The number of thiazole rings is 1. The highest BCUT2D eigenvalue weighted by Gasteiger charge is 2.31. The van der Waals surface area contributed by atoms with E-state index in [1.807, 2.05) is 19.1 Å². The van der Waals surface area contributed by atoms with E-state index < -0.39 is 0 Å². The largest absolute Gasteiger partial charge is 0.492 e. The Balaban J connectivity index is 1.83. The van der Waals surface area contributed by atoms with Crippen LogP contribution in [0.3, 0.4) is 0 Å². The van der Waals surface area contributed by atoms with Gasteiger partial charge in [-0.2, -0.15) is 4.52 Å². The van der Waals surface area contributed by atoms with Crippen molar-refractivity contribution in [2.45, 2.75) is 19.4 Å². The van der Waals surface area contributed by atoms with Gasteiger partial charge in [0.05, 0.1) is 34.2 Å². The number of fused-ring (bicyclic) bond motifs is 1. The van der Waals surface area contributed by atoms with Gasteiger partial charge in [0.1, 0.15) is 0 Å². The lowest BCUT2D eigenvalue weighted by atomic mass is 10.0. The Morgan fingerprint density at radius 2 is 2.04 bits per heavy atom. The lowest BCUT2D eigenvalue weighted by Crippen LogP contribution is -2.39. The van der Waals surface area contributed by atoms with Crippen LogP contribution in [0.4, 0.5) is 0 Å². The van der Waals surface area contributed by atoms with E-state index in [2.05, 4.69) is 15.0 Å². The van der Waals surface area contributed by atoms with E-state index in [0.717, 1.165) is 35.8 Å². The first kappa shape index (κ1) is 18.0. The molecule has 9 heteroatoms. The Labute approximate surface area is 164 Å². The second-order valence-electron chi connectivity index (χ2n) is 6.09. The number of aromatic nitrogens is 3. The van der Waals surface area contributed by atoms with Gasteiger partial charge in [-0.25, -0.2) is 4.98 Å². The molecule has 26 heavy (non-hydrogen) atoms. The van der Waals surface area contributed by atoms with Crippen LogP contribution in [-0.4, -0.2) is 50.9 Å². The molecule has 1 aliphatic rings. The van der Waals surface area contributed by atoms with Gasteiger partial charge in [-0.3, -0.25) is 4.90 Å². The van der Waals surface area contributed by atoms with Crippen LogP contribution in [0.2, 0.25) is 10.0 Å². The van der Waals surface area contributed by atoms with Gasteiger partial charge in [0, 0.05) is 19.5 Å². The Morgan fingerprint density at radius 3 is 2.69 bits per heavy atom. The highest BCUT2D eigenvalue weighted by molar-refractivity contribution is 7.17. The van der Waals surface area contributed by atoms with Crippen LogP contribution in [0.25, 0.3) is 4.96 Å². The molecule has 0 unspecified atom stereocenters. The molecule has 0 saturated carbocycles. The lowest BCUT2D eigenvalue weighted by molar-refractivity contribution is 0.0241. The Hall–Kier alpha value is -1.38. The maximum absolute atomic E-state index is 10.8.